The minimum atomic E-state index is 0.390. The average molecular weight is 261 g/mol. The van der Waals surface area contributed by atoms with Crippen LogP contribution in [-0.4, -0.2) is 26.9 Å². The number of ether oxygens (including phenoxy) is 1. The van der Waals surface area contributed by atoms with Gasteiger partial charge in [-0.2, -0.15) is 5.10 Å². The summed E-state index contributed by atoms with van der Waals surface area (Å²) in [6.45, 7) is 0. The van der Waals surface area contributed by atoms with Crippen LogP contribution in [0.5, 0.6) is 5.75 Å². The van der Waals surface area contributed by atoms with Gasteiger partial charge in [-0.1, -0.05) is 23.7 Å². The number of nitrogens with zero attached hydrogens (tertiary/aromatic N) is 4. The van der Waals surface area contributed by atoms with Gasteiger partial charge >= 0.3 is 0 Å². The van der Waals surface area contributed by atoms with Crippen LogP contribution in [-0.2, 0) is 0 Å². The van der Waals surface area contributed by atoms with Gasteiger partial charge in [-0.05, 0) is 12.1 Å². The molecule has 0 atom stereocenters. The fourth-order valence-corrected chi connectivity index (χ4v) is 1.97. The molecule has 0 aliphatic carbocycles. The molecule has 6 heteroatoms. The van der Waals surface area contributed by atoms with Gasteiger partial charge < -0.3 is 4.74 Å². The Morgan fingerprint density at radius 3 is 2.89 bits per heavy atom. The highest BCUT2D eigenvalue weighted by Gasteiger charge is 2.12. The first kappa shape index (κ1) is 11.0. The minimum absolute atomic E-state index is 0.390. The third kappa shape index (κ3) is 1.60. The first-order valence-electron chi connectivity index (χ1n) is 5.29. The van der Waals surface area contributed by atoms with Crippen LogP contribution >= 0.6 is 11.6 Å². The molecule has 0 aliphatic heterocycles. The van der Waals surface area contributed by atoms with Gasteiger partial charge in [-0.25, -0.2) is 14.6 Å². The number of rotatable bonds is 2. The Kier molecular flexibility index (Phi) is 2.60. The van der Waals surface area contributed by atoms with Crippen molar-refractivity contribution >= 4 is 22.6 Å². The molecule has 0 fully saturated rings. The molecular formula is C12H9ClN4O. The Hall–Kier alpha value is -2.14. The molecule has 0 unspecified atom stereocenters. The summed E-state index contributed by atoms with van der Waals surface area (Å²) in [6.07, 6.45) is 3.06. The monoisotopic (exact) mass is 260 g/mol. The van der Waals surface area contributed by atoms with Crippen molar-refractivity contribution in [3.63, 3.8) is 0 Å². The molecule has 0 bridgehead atoms. The fourth-order valence-electron chi connectivity index (χ4n) is 1.80. The van der Waals surface area contributed by atoms with Crippen LogP contribution in [0.2, 0.25) is 5.15 Å². The Labute approximate surface area is 108 Å². The Morgan fingerprint density at radius 2 is 2.06 bits per heavy atom. The summed E-state index contributed by atoms with van der Waals surface area (Å²) in [6, 6.07) is 7.58. The average Bonchev–Trinajstić information content (AvgIpc) is 2.84. The van der Waals surface area contributed by atoms with E-state index in [1.807, 2.05) is 24.3 Å². The van der Waals surface area contributed by atoms with Crippen molar-refractivity contribution in [1.29, 1.82) is 0 Å². The Morgan fingerprint density at radius 1 is 1.22 bits per heavy atom. The van der Waals surface area contributed by atoms with E-state index >= 15 is 0 Å². The van der Waals surface area contributed by atoms with Crippen molar-refractivity contribution in [2.24, 2.45) is 0 Å². The molecular weight excluding hydrogens is 252 g/mol. The molecule has 0 radical (unpaired) electrons. The second-order valence-electron chi connectivity index (χ2n) is 3.63. The van der Waals surface area contributed by atoms with Crippen molar-refractivity contribution in [3.8, 4) is 11.4 Å². The third-order valence-corrected chi connectivity index (χ3v) is 2.93. The Balaban J connectivity index is 2.29. The lowest BCUT2D eigenvalue weighted by molar-refractivity contribution is 0.412. The summed E-state index contributed by atoms with van der Waals surface area (Å²) in [5, 5.41) is 5.39. The quantitative estimate of drug-likeness (QED) is 0.664. The van der Waals surface area contributed by atoms with E-state index in [1.165, 1.54) is 6.33 Å². The second-order valence-corrected chi connectivity index (χ2v) is 3.99. The molecule has 5 nitrogen and oxygen atoms in total. The lowest BCUT2D eigenvalue weighted by atomic mass is 10.3. The first-order chi connectivity index (χ1) is 8.81. The number of halogens is 1. The minimum Gasteiger partial charge on any atom is -0.494 e. The summed E-state index contributed by atoms with van der Waals surface area (Å²) in [4.78, 5) is 8.13. The van der Waals surface area contributed by atoms with E-state index in [0.29, 0.717) is 16.2 Å². The van der Waals surface area contributed by atoms with Crippen molar-refractivity contribution in [3.05, 3.63) is 41.9 Å². The van der Waals surface area contributed by atoms with Gasteiger partial charge in [0.15, 0.2) is 5.65 Å². The molecule has 0 amide bonds. The number of fused-ring (bicyclic) bond motifs is 1. The number of methoxy groups -OCH3 is 1. The van der Waals surface area contributed by atoms with Crippen LogP contribution in [0.15, 0.2) is 36.8 Å². The molecule has 0 spiro atoms. The van der Waals surface area contributed by atoms with Crippen LogP contribution in [0.4, 0.5) is 0 Å². The van der Waals surface area contributed by atoms with Gasteiger partial charge in [-0.15, -0.1) is 0 Å². The zero-order chi connectivity index (χ0) is 12.5. The highest BCUT2D eigenvalue weighted by atomic mass is 35.5. The van der Waals surface area contributed by atoms with Gasteiger partial charge in [0, 0.05) is 0 Å². The number of hydrogen-bond donors (Lipinski definition) is 0. The lowest BCUT2D eigenvalue weighted by Gasteiger charge is -2.08. The van der Waals surface area contributed by atoms with Crippen molar-refractivity contribution in [1.82, 2.24) is 19.7 Å². The zero-order valence-corrected chi connectivity index (χ0v) is 10.3. The molecule has 90 valence electrons. The van der Waals surface area contributed by atoms with Gasteiger partial charge in [0.05, 0.1) is 18.7 Å². The van der Waals surface area contributed by atoms with E-state index in [-0.39, 0.29) is 0 Å². The first-order valence-corrected chi connectivity index (χ1v) is 5.66. The number of aromatic nitrogens is 4. The molecule has 3 aromatic rings. The van der Waals surface area contributed by atoms with Crippen LogP contribution in [0.25, 0.3) is 16.7 Å². The molecule has 2 heterocycles. The maximum Gasteiger partial charge on any atom is 0.167 e. The van der Waals surface area contributed by atoms with E-state index in [0.717, 1.165) is 11.4 Å². The van der Waals surface area contributed by atoms with Gasteiger partial charge in [0.2, 0.25) is 0 Å². The summed E-state index contributed by atoms with van der Waals surface area (Å²) in [7, 11) is 1.62. The summed E-state index contributed by atoms with van der Waals surface area (Å²) in [5.41, 5.74) is 1.46. The lowest BCUT2D eigenvalue weighted by Crippen LogP contribution is -2.00. The number of para-hydroxylation sites is 2. The third-order valence-electron chi connectivity index (χ3n) is 2.63. The van der Waals surface area contributed by atoms with Crippen LogP contribution in [0, 0.1) is 0 Å². The van der Waals surface area contributed by atoms with Crippen molar-refractivity contribution in [2.75, 3.05) is 7.11 Å². The second kappa shape index (κ2) is 4.27. The molecule has 0 N–H and O–H groups in total. The van der Waals surface area contributed by atoms with Crippen LogP contribution in [0.3, 0.4) is 0 Å². The smallest absolute Gasteiger partial charge is 0.167 e. The maximum absolute atomic E-state index is 6.00. The molecule has 2 aromatic heterocycles. The number of benzene rings is 1. The molecule has 1 aromatic carbocycles. The largest absolute Gasteiger partial charge is 0.494 e. The van der Waals surface area contributed by atoms with E-state index in [9.17, 15) is 0 Å². The van der Waals surface area contributed by atoms with Gasteiger partial charge in [-0.3, -0.25) is 0 Å². The fraction of sp³-hybridized carbons (Fsp3) is 0.0833. The molecule has 0 saturated carbocycles. The van der Waals surface area contributed by atoms with E-state index < -0.39 is 0 Å². The van der Waals surface area contributed by atoms with E-state index in [2.05, 4.69) is 15.1 Å². The molecule has 0 saturated heterocycles. The molecule has 0 aliphatic rings. The maximum atomic E-state index is 6.00. The van der Waals surface area contributed by atoms with Crippen molar-refractivity contribution < 1.29 is 4.74 Å². The summed E-state index contributed by atoms with van der Waals surface area (Å²) in [5.74, 6) is 0.720. The van der Waals surface area contributed by atoms with Gasteiger partial charge in [0.25, 0.3) is 0 Å². The zero-order valence-electron chi connectivity index (χ0n) is 9.54. The summed E-state index contributed by atoms with van der Waals surface area (Å²) < 4.78 is 6.99. The SMILES string of the molecule is COc1ccccc1-n1ncc2c(Cl)ncnc21. The van der Waals surface area contributed by atoms with Gasteiger partial charge in [0.1, 0.15) is 22.9 Å². The topological polar surface area (TPSA) is 52.8 Å². The van der Waals surface area contributed by atoms with E-state index in [1.54, 1.807) is 18.0 Å². The standard InChI is InChI=1S/C12H9ClN4O/c1-18-10-5-3-2-4-9(10)17-12-8(6-16-17)11(13)14-7-15-12/h2-7H,1H3. The Bertz CT molecular complexity index is 710. The van der Waals surface area contributed by atoms with E-state index in [4.69, 9.17) is 16.3 Å². The molecule has 18 heavy (non-hydrogen) atoms. The van der Waals surface area contributed by atoms with Crippen LogP contribution < -0.4 is 4.74 Å². The number of hydrogen-bond acceptors (Lipinski definition) is 4. The predicted octanol–water partition coefficient (Wildman–Crippen LogP) is 2.48. The molecule has 3 rings (SSSR count). The normalized spacial score (nSPS) is 10.8. The highest BCUT2D eigenvalue weighted by molar-refractivity contribution is 6.33. The van der Waals surface area contributed by atoms with Crippen LogP contribution in [0.1, 0.15) is 0 Å². The summed E-state index contributed by atoms with van der Waals surface area (Å²) >= 11 is 6.00. The highest BCUT2D eigenvalue weighted by Crippen LogP contribution is 2.26. The predicted molar refractivity (Wildman–Crippen MR) is 68.2 cm³/mol. The van der Waals surface area contributed by atoms with Crippen molar-refractivity contribution in [2.45, 2.75) is 0 Å².